The van der Waals surface area contributed by atoms with Crippen LogP contribution in [-0.2, 0) is 4.79 Å². The second-order valence-electron chi connectivity index (χ2n) is 4.11. The van der Waals surface area contributed by atoms with Crippen molar-refractivity contribution >= 4 is 5.91 Å². The molecule has 1 aromatic rings. The molecule has 1 heterocycles. The zero-order chi connectivity index (χ0) is 10.8. The average Bonchev–Trinajstić information content (AvgIpc) is 2.62. The summed E-state index contributed by atoms with van der Waals surface area (Å²) in [6, 6.07) is 10.2. The molecule has 3 nitrogen and oxygen atoms in total. The van der Waals surface area contributed by atoms with Crippen molar-refractivity contribution in [2.24, 2.45) is 5.73 Å². The van der Waals surface area contributed by atoms with E-state index in [-0.39, 0.29) is 17.9 Å². The van der Waals surface area contributed by atoms with Crippen LogP contribution in [0.1, 0.15) is 18.4 Å². The van der Waals surface area contributed by atoms with Crippen molar-refractivity contribution in [1.29, 1.82) is 0 Å². The Morgan fingerprint density at radius 3 is 2.53 bits per heavy atom. The van der Waals surface area contributed by atoms with Crippen LogP contribution < -0.4 is 5.73 Å². The first-order valence-corrected chi connectivity index (χ1v) is 5.24. The molecule has 1 aromatic carbocycles. The number of hydrogen-bond donors (Lipinski definition) is 1. The molecule has 0 aromatic heterocycles. The van der Waals surface area contributed by atoms with E-state index in [2.05, 4.69) is 12.1 Å². The van der Waals surface area contributed by atoms with Gasteiger partial charge in [0.05, 0.1) is 0 Å². The SMILES string of the molecule is CC(=O)N1C[C@H](N)[C@H](c2ccccc2)C1. The van der Waals surface area contributed by atoms with Crippen LogP contribution in [0.5, 0.6) is 0 Å². The van der Waals surface area contributed by atoms with Crippen LogP contribution in [0.25, 0.3) is 0 Å². The molecular formula is C12H16N2O. The average molecular weight is 204 g/mol. The molecule has 2 atom stereocenters. The zero-order valence-electron chi connectivity index (χ0n) is 8.89. The van der Waals surface area contributed by atoms with Gasteiger partial charge in [0.1, 0.15) is 0 Å². The standard InChI is InChI=1S/C12H16N2O/c1-9(15)14-7-11(12(13)8-14)10-5-3-2-4-6-10/h2-6,11-12H,7-8,13H2,1H3/t11-,12-/m0/s1. The van der Waals surface area contributed by atoms with E-state index in [1.165, 1.54) is 5.56 Å². The third-order valence-electron chi connectivity index (χ3n) is 3.04. The van der Waals surface area contributed by atoms with Gasteiger partial charge in [0.2, 0.25) is 5.91 Å². The summed E-state index contributed by atoms with van der Waals surface area (Å²) in [5, 5.41) is 0. The normalized spacial score (nSPS) is 25.6. The van der Waals surface area contributed by atoms with Crippen LogP contribution in [0.15, 0.2) is 30.3 Å². The van der Waals surface area contributed by atoms with E-state index in [9.17, 15) is 4.79 Å². The first-order chi connectivity index (χ1) is 7.18. The lowest BCUT2D eigenvalue weighted by atomic mass is 9.95. The maximum absolute atomic E-state index is 11.2. The van der Waals surface area contributed by atoms with E-state index < -0.39 is 0 Å². The van der Waals surface area contributed by atoms with Gasteiger partial charge in [0.25, 0.3) is 0 Å². The maximum atomic E-state index is 11.2. The fraction of sp³-hybridized carbons (Fsp3) is 0.417. The van der Waals surface area contributed by atoms with Crippen molar-refractivity contribution in [2.75, 3.05) is 13.1 Å². The number of benzene rings is 1. The van der Waals surface area contributed by atoms with Gasteiger partial charge in [-0.2, -0.15) is 0 Å². The van der Waals surface area contributed by atoms with Crippen molar-refractivity contribution in [3.63, 3.8) is 0 Å². The molecule has 15 heavy (non-hydrogen) atoms. The van der Waals surface area contributed by atoms with Crippen molar-refractivity contribution in [1.82, 2.24) is 4.90 Å². The molecule has 2 rings (SSSR count). The molecular weight excluding hydrogens is 188 g/mol. The van der Waals surface area contributed by atoms with Gasteiger partial charge in [-0.3, -0.25) is 4.79 Å². The van der Waals surface area contributed by atoms with Crippen molar-refractivity contribution in [2.45, 2.75) is 18.9 Å². The van der Waals surface area contributed by atoms with Crippen LogP contribution in [0.3, 0.4) is 0 Å². The molecule has 0 spiro atoms. The van der Waals surface area contributed by atoms with Crippen LogP contribution in [0.2, 0.25) is 0 Å². The van der Waals surface area contributed by atoms with E-state index in [4.69, 9.17) is 5.73 Å². The van der Waals surface area contributed by atoms with Crippen molar-refractivity contribution < 1.29 is 4.79 Å². The first kappa shape index (κ1) is 10.2. The number of hydrogen-bond acceptors (Lipinski definition) is 2. The van der Waals surface area contributed by atoms with Gasteiger partial charge in [-0.25, -0.2) is 0 Å². The molecule has 1 amide bonds. The monoisotopic (exact) mass is 204 g/mol. The Labute approximate surface area is 89.9 Å². The van der Waals surface area contributed by atoms with E-state index in [0.717, 1.165) is 6.54 Å². The molecule has 1 fully saturated rings. The molecule has 0 bridgehead atoms. The summed E-state index contributed by atoms with van der Waals surface area (Å²) in [4.78, 5) is 13.1. The van der Waals surface area contributed by atoms with E-state index >= 15 is 0 Å². The van der Waals surface area contributed by atoms with Gasteiger partial charge in [-0.15, -0.1) is 0 Å². The molecule has 1 aliphatic rings. The molecule has 1 aliphatic heterocycles. The van der Waals surface area contributed by atoms with Gasteiger partial charge in [0, 0.05) is 32.0 Å². The molecule has 0 aliphatic carbocycles. The van der Waals surface area contributed by atoms with Crippen molar-refractivity contribution in [3.05, 3.63) is 35.9 Å². The van der Waals surface area contributed by atoms with Crippen LogP contribution >= 0.6 is 0 Å². The first-order valence-electron chi connectivity index (χ1n) is 5.24. The lowest BCUT2D eigenvalue weighted by molar-refractivity contribution is -0.127. The minimum absolute atomic E-state index is 0.0660. The van der Waals surface area contributed by atoms with Gasteiger partial charge in [-0.1, -0.05) is 30.3 Å². The van der Waals surface area contributed by atoms with Gasteiger partial charge in [-0.05, 0) is 5.56 Å². The molecule has 0 saturated carbocycles. The summed E-state index contributed by atoms with van der Waals surface area (Å²) in [7, 11) is 0. The molecule has 2 N–H and O–H groups in total. The van der Waals surface area contributed by atoms with Crippen LogP contribution in [0, 0.1) is 0 Å². The highest BCUT2D eigenvalue weighted by Gasteiger charge is 2.32. The number of carbonyl (C=O) groups is 1. The van der Waals surface area contributed by atoms with E-state index in [1.54, 1.807) is 6.92 Å². The summed E-state index contributed by atoms with van der Waals surface area (Å²) in [5.74, 6) is 0.402. The Kier molecular flexibility index (Phi) is 2.73. The topological polar surface area (TPSA) is 46.3 Å². The number of rotatable bonds is 1. The highest BCUT2D eigenvalue weighted by Crippen LogP contribution is 2.26. The minimum Gasteiger partial charge on any atom is -0.341 e. The fourth-order valence-corrected chi connectivity index (χ4v) is 2.14. The number of nitrogens with zero attached hydrogens (tertiary/aromatic N) is 1. The van der Waals surface area contributed by atoms with E-state index in [1.807, 2.05) is 23.1 Å². The number of amides is 1. The number of nitrogens with two attached hydrogens (primary N) is 1. The highest BCUT2D eigenvalue weighted by molar-refractivity contribution is 5.73. The third kappa shape index (κ3) is 2.02. The Morgan fingerprint density at radius 2 is 2.00 bits per heavy atom. The second-order valence-corrected chi connectivity index (χ2v) is 4.11. The smallest absolute Gasteiger partial charge is 0.219 e. The largest absolute Gasteiger partial charge is 0.341 e. The predicted molar refractivity (Wildman–Crippen MR) is 59.4 cm³/mol. The Bertz CT molecular complexity index is 350. The Hall–Kier alpha value is -1.35. The molecule has 80 valence electrons. The summed E-state index contributed by atoms with van der Waals surface area (Å²) < 4.78 is 0. The van der Waals surface area contributed by atoms with Gasteiger partial charge >= 0.3 is 0 Å². The van der Waals surface area contributed by atoms with Gasteiger partial charge < -0.3 is 10.6 Å². The third-order valence-corrected chi connectivity index (χ3v) is 3.04. The summed E-state index contributed by atoms with van der Waals surface area (Å²) in [5.41, 5.74) is 7.28. The van der Waals surface area contributed by atoms with E-state index in [0.29, 0.717) is 6.54 Å². The lowest BCUT2D eigenvalue weighted by Crippen LogP contribution is -2.30. The Morgan fingerprint density at radius 1 is 1.33 bits per heavy atom. The minimum atomic E-state index is 0.0660. The van der Waals surface area contributed by atoms with Crippen LogP contribution in [-0.4, -0.2) is 29.9 Å². The molecule has 0 unspecified atom stereocenters. The zero-order valence-corrected chi connectivity index (χ0v) is 8.89. The maximum Gasteiger partial charge on any atom is 0.219 e. The second kappa shape index (κ2) is 4.03. The highest BCUT2D eigenvalue weighted by atomic mass is 16.2. The van der Waals surface area contributed by atoms with Crippen LogP contribution in [0.4, 0.5) is 0 Å². The molecule has 3 heteroatoms. The lowest BCUT2D eigenvalue weighted by Gasteiger charge is -2.14. The van der Waals surface area contributed by atoms with Gasteiger partial charge in [0.15, 0.2) is 0 Å². The fourth-order valence-electron chi connectivity index (χ4n) is 2.14. The summed E-state index contributed by atoms with van der Waals surface area (Å²) in [6.07, 6.45) is 0. The molecule has 0 radical (unpaired) electrons. The number of likely N-dealkylation sites (tertiary alicyclic amines) is 1. The summed E-state index contributed by atoms with van der Waals surface area (Å²) in [6.45, 7) is 3.02. The number of carbonyl (C=O) groups excluding carboxylic acids is 1. The molecule has 1 saturated heterocycles. The Balaban J connectivity index is 2.15. The quantitative estimate of drug-likeness (QED) is 0.740. The van der Waals surface area contributed by atoms with Crippen molar-refractivity contribution in [3.8, 4) is 0 Å². The summed E-state index contributed by atoms with van der Waals surface area (Å²) >= 11 is 0. The predicted octanol–water partition coefficient (Wildman–Crippen LogP) is 0.960.